The second-order valence-corrected chi connectivity index (χ2v) is 11.2. The lowest BCUT2D eigenvalue weighted by Crippen LogP contribution is -2.50. The number of nitrogens with one attached hydrogen (secondary N) is 1. The van der Waals surface area contributed by atoms with Crippen molar-refractivity contribution in [2.24, 2.45) is 0 Å². The molecule has 3 N–H and O–H groups in total. The lowest BCUT2D eigenvalue weighted by molar-refractivity contribution is 0.0782. The number of aliphatic hydroxyl groups excluding tert-OH is 1. The molecule has 2 atom stereocenters. The number of phenolic OH excluding ortho intramolecular Hbond substituents is 1. The molecule has 0 fully saturated rings. The monoisotopic (exact) mass is 524 g/mol. The quantitative estimate of drug-likeness (QED) is 0.289. The molecule has 0 unspecified atom stereocenters. The molecule has 3 aromatic carbocycles. The number of sulfonamides is 1. The first kappa shape index (κ1) is 28.4. The molecule has 3 rings (SSSR count). The van der Waals surface area contributed by atoms with Gasteiger partial charge in [0.25, 0.3) is 5.91 Å². The van der Waals surface area contributed by atoms with Crippen molar-refractivity contribution in [1.29, 1.82) is 0 Å². The molecule has 0 radical (unpaired) electrons. The summed E-state index contributed by atoms with van der Waals surface area (Å²) >= 11 is 0. The van der Waals surface area contributed by atoms with Crippen LogP contribution >= 0.6 is 0 Å². The van der Waals surface area contributed by atoms with Gasteiger partial charge in [-0.15, -0.1) is 0 Å². The van der Waals surface area contributed by atoms with Crippen molar-refractivity contribution in [3.8, 4) is 5.75 Å². The minimum Gasteiger partial charge on any atom is -0.508 e. The molecular formula is C29H36N2O5S. The number of amides is 1. The topological polar surface area (TPSA) is 107 Å². The van der Waals surface area contributed by atoms with E-state index in [1.165, 1.54) is 16.4 Å². The summed E-state index contributed by atoms with van der Waals surface area (Å²) in [6.07, 6.45) is 1.58. The Labute approximate surface area is 219 Å². The fraction of sp³-hybridized carbons (Fsp3) is 0.345. The zero-order chi connectivity index (χ0) is 26.8. The number of aliphatic hydroxyl groups is 1. The van der Waals surface area contributed by atoms with Gasteiger partial charge in [-0.05, 0) is 55.7 Å². The van der Waals surface area contributed by atoms with Gasteiger partial charge in [-0.3, -0.25) is 4.79 Å². The maximum atomic E-state index is 13.5. The number of aromatic hydroxyl groups is 1. The molecule has 0 spiro atoms. The highest BCUT2D eigenvalue weighted by molar-refractivity contribution is 7.89. The SMILES string of the molecule is CCCCCN(C[C@@H](O)[C@H](Cc1ccccc1)NC(=O)c1cccc(O)c1)S(=O)(=O)c1ccc(C)cc1. The molecule has 198 valence electrons. The average Bonchev–Trinajstić information content (AvgIpc) is 2.88. The number of unbranched alkanes of at least 4 members (excludes halogenated alkanes) is 2. The molecule has 0 heterocycles. The average molecular weight is 525 g/mol. The molecule has 7 nitrogen and oxygen atoms in total. The number of aryl methyl sites for hydroxylation is 1. The van der Waals surface area contributed by atoms with Gasteiger partial charge in [0.05, 0.1) is 17.0 Å². The van der Waals surface area contributed by atoms with E-state index in [0.29, 0.717) is 12.8 Å². The zero-order valence-electron chi connectivity index (χ0n) is 21.4. The summed E-state index contributed by atoms with van der Waals surface area (Å²) in [6, 6.07) is 21.2. The van der Waals surface area contributed by atoms with E-state index in [0.717, 1.165) is 24.0 Å². The molecular weight excluding hydrogens is 488 g/mol. The Morgan fingerprint density at radius 2 is 1.68 bits per heavy atom. The van der Waals surface area contributed by atoms with Gasteiger partial charge in [0, 0.05) is 18.7 Å². The van der Waals surface area contributed by atoms with Crippen molar-refractivity contribution in [3.05, 3.63) is 95.6 Å². The minimum atomic E-state index is -3.86. The smallest absolute Gasteiger partial charge is 0.251 e. The Kier molecular flexibility index (Phi) is 10.3. The molecule has 1 amide bonds. The summed E-state index contributed by atoms with van der Waals surface area (Å²) < 4.78 is 28.4. The molecule has 0 aliphatic rings. The summed E-state index contributed by atoms with van der Waals surface area (Å²) in [7, 11) is -3.86. The lowest BCUT2D eigenvalue weighted by atomic mass is 10.0. The fourth-order valence-corrected chi connectivity index (χ4v) is 5.59. The highest BCUT2D eigenvalue weighted by Crippen LogP contribution is 2.20. The summed E-state index contributed by atoms with van der Waals surface area (Å²) in [5.74, 6) is -0.506. The molecule has 0 saturated carbocycles. The van der Waals surface area contributed by atoms with E-state index in [-0.39, 0.29) is 29.3 Å². The highest BCUT2D eigenvalue weighted by atomic mass is 32.2. The molecule has 0 aliphatic carbocycles. The van der Waals surface area contributed by atoms with Crippen LogP contribution in [0.15, 0.2) is 83.8 Å². The third-order valence-electron chi connectivity index (χ3n) is 6.25. The standard InChI is InChI=1S/C29H36N2O5S/c1-3-4-8-18-31(37(35,36)26-16-14-22(2)15-17-26)21-28(33)27(19-23-10-6-5-7-11-23)30-29(34)24-12-9-13-25(32)20-24/h5-7,9-17,20,27-28,32-33H,3-4,8,18-19,21H2,1-2H3,(H,30,34)/t27-,28+/m0/s1. The number of phenols is 1. The summed E-state index contributed by atoms with van der Waals surface area (Å²) in [5, 5.41) is 24.0. The number of hydrogen-bond acceptors (Lipinski definition) is 5. The Hall–Kier alpha value is -3.20. The Bertz CT molecular complexity index is 1250. The second kappa shape index (κ2) is 13.4. The third kappa shape index (κ3) is 8.15. The zero-order valence-corrected chi connectivity index (χ0v) is 22.2. The molecule has 37 heavy (non-hydrogen) atoms. The number of carbonyl (C=O) groups is 1. The second-order valence-electron chi connectivity index (χ2n) is 9.27. The normalized spacial score (nSPS) is 13.3. The largest absolute Gasteiger partial charge is 0.508 e. The highest BCUT2D eigenvalue weighted by Gasteiger charge is 2.30. The van der Waals surface area contributed by atoms with Crippen molar-refractivity contribution >= 4 is 15.9 Å². The van der Waals surface area contributed by atoms with E-state index in [1.54, 1.807) is 36.4 Å². The van der Waals surface area contributed by atoms with Crippen molar-refractivity contribution < 1.29 is 23.4 Å². The molecule has 3 aromatic rings. The molecule has 0 aliphatic heterocycles. The minimum absolute atomic E-state index is 0.0425. The number of rotatable bonds is 13. The van der Waals surface area contributed by atoms with Gasteiger partial charge >= 0.3 is 0 Å². The molecule has 0 bridgehead atoms. The van der Waals surface area contributed by atoms with Crippen LogP contribution in [-0.2, 0) is 16.4 Å². The lowest BCUT2D eigenvalue weighted by Gasteiger charge is -2.30. The van der Waals surface area contributed by atoms with Gasteiger partial charge in [0.2, 0.25) is 10.0 Å². The summed E-state index contributed by atoms with van der Waals surface area (Å²) in [5.41, 5.74) is 2.09. The van der Waals surface area contributed by atoms with Crippen LogP contribution in [0.4, 0.5) is 0 Å². The maximum Gasteiger partial charge on any atom is 0.251 e. The number of benzene rings is 3. The van der Waals surface area contributed by atoms with E-state index in [1.807, 2.05) is 44.2 Å². The molecule has 0 saturated heterocycles. The van der Waals surface area contributed by atoms with E-state index in [9.17, 15) is 23.4 Å². The van der Waals surface area contributed by atoms with Gasteiger partial charge in [0.15, 0.2) is 0 Å². The van der Waals surface area contributed by atoms with Gasteiger partial charge < -0.3 is 15.5 Å². The van der Waals surface area contributed by atoms with Crippen LogP contribution < -0.4 is 5.32 Å². The van der Waals surface area contributed by atoms with Crippen LogP contribution in [-0.4, -0.2) is 54.1 Å². The van der Waals surface area contributed by atoms with Crippen LogP contribution in [0.25, 0.3) is 0 Å². The third-order valence-corrected chi connectivity index (χ3v) is 8.13. The van der Waals surface area contributed by atoms with Crippen LogP contribution in [0.5, 0.6) is 5.75 Å². The van der Waals surface area contributed by atoms with E-state index in [4.69, 9.17) is 0 Å². The van der Waals surface area contributed by atoms with E-state index < -0.39 is 28.1 Å². The predicted octanol–water partition coefficient (Wildman–Crippen LogP) is 4.28. The molecule has 0 aromatic heterocycles. The van der Waals surface area contributed by atoms with E-state index >= 15 is 0 Å². The van der Waals surface area contributed by atoms with Gasteiger partial charge in [-0.2, -0.15) is 4.31 Å². The Morgan fingerprint density at radius 3 is 2.32 bits per heavy atom. The van der Waals surface area contributed by atoms with Gasteiger partial charge in [-0.25, -0.2) is 8.42 Å². The van der Waals surface area contributed by atoms with Crippen LogP contribution in [0.3, 0.4) is 0 Å². The van der Waals surface area contributed by atoms with Gasteiger partial charge in [0.1, 0.15) is 5.75 Å². The van der Waals surface area contributed by atoms with Gasteiger partial charge in [-0.1, -0.05) is 73.9 Å². The number of hydrogen-bond donors (Lipinski definition) is 3. The van der Waals surface area contributed by atoms with Crippen molar-refractivity contribution in [2.45, 2.75) is 56.6 Å². The van der Waals surface area contributed by atoms with E-state index in [2.05, 4.69) is 5.32 Å². The maximum absolute atomic E-state index is 13.5. The first-order valence-corrected chi connectivity index (χ1v) is 14.0. The summed E-state index contributed by atoms with van der Waals surface area (Å²) in [6.45, 7) is 4.03. The van der Waals surface area contributed by atoms with Crippen LogP contribution in [0.1, 0.15) is 47.7 Å². The first-order valence-electron chi connectivity index (χ1n) is 12.6. The Morgan fingerprint density at radius 1 is 0.973 bits per heavy atom. The van der Waals surface area contributed by atoms with Crippen molar-refractivity contribution in [1.82, 2.24) is 9.62 Å². The van der Waals surface area contributed by atoms with Crippen LogP contribution in [0.2, 0.25) is 0 Å². The fourth-order valence-electron chi connectivity index (χ4n) is 4.09. The molecule has 8 heteroatoms. The van der Waals surface area contributed by atoms with Crippen molar-refractivity contribution in [3.63, 3.8) is 0 Å². The van der Waals surface area contributed by atoms with Crippen LogP contribution in [0, 0.1) is 6.92 Å². The number of carbonyl (C=O) groups excluding carboxylic acids is 1. The summed E-state index contributed by atoms with van der Waals surface area (Å²) in [4.78, 5) is 13.2. The van der Waals surface area contributed by atoms with Crippen molar-refractivity contribution in [2.75, 3.05) is 13.1 Å². The predicted molar refractivity (Wildman–Crippen MR) is 145 cm³/mol. The Balaban J connectivity index is 1.87. The first-order chi connectivity index (χ1) is 17.7. The number of nitrogens with zero attached hydrogens (tertiary/aromatic N) is 1.